The fourth-order valence-corrected chi connectivity index (χ4v) is 1.94. The van der Waals surface area contributed by atoms with E-state index in [9.17, 15) is 9.59 Å². The summed E-state index contributed by atoms with van der Waals surface area (Å²) in [6.07, 6.45) is 0. The van der Waals surface area contributed by atoms with Crippen molar-refractivity contribution in [1.29, 1.82) is 0 Å². The predicted octanol–water partition coefficient (Wildman–Crippen LogP) is 1.29. The molecule has 1 aromatic carbocycles. The summed E-state index contributed by atoms with van der Waals surface area (Å²) in [7, 11) is 0. The zero-order valence-electron chi connectivity index (χ0n) is 8.24. The van der Waals surface area contributed by atoms with Crippen LogP contribution in [0.1, 0.15) is 0 Å². The molecule has 0 aromatic heterocycles. The van der Waals surface area contributed by atoms with Crippen molar-refractivity contribution in [2.45, 2.75) is 0 Å². The third kappa shape index (κ3) is 2.01. The number of amides is 1. The topological polar surface area (TPSA) is 69.6 Å². The number of carboxylic acid groups (broad SMARTS) is 1. The Morgan fingerprint density at radius 3 is 3.00 bits per heavy atom. The number of hydrogen-bond donors (Lipinski definition) is 2. The van der Waals surface area contributed by atoms with E-state index in [1.54, 1.807) is 12.1 Å². The largest absolute Gasteiger partial charge is 0.480 e. The SMILES string of the molecule is O=C(O)CN1C(=O)CNc2ccc(Br)cc21. The molecule has 0 spiro atoms. The van der Waals surface area contributed by atoms with Gasteiger partial charge < -0.3 is 10.4 Å². The average Bonchev–Trinajstić information content (AvgIpc) is 2.22. The minimum Gasteiger partial charge on any atom is -0.480 e. The van der Waals surface area contributed by atoms with Gasteiger partial charge in [0.15, 0.2) is 0 Å². The van der Waals surface area contributed by atoms with Gasteiger partial charge in [-0.05, 0) is 18.2 Å². The molecular weight excluding hydrogens is 276 g/mol. The average molecular weight is 285 g/mol. The Morgan fingerprint density at radius 2 is 2.31 bits per heavy atom. The van der Waals surface area contributed by atoms with Crippen LogP contribution in [0.2, 0.25) is 0 Å². The maximum Gasteiger partial charge on any atom is 0.323 e. The van der Waals surface area contributed by atoms with E-state index in [0.717, 1.165) is 10.2 Å². The van der Waals surface area contributed by atoms with E-state index in [1.165, 1.54) is 4.90 Å². The van der Waals surface area contributed by atoms with Crippen molar-refractivity contribution in [2.75, 3.05) is 23.3 Å². The van der Waals surface area contributed by atoms with Crippen LogP contribution in [0.25, 0.3) is 0 Å². The van der Waals surface area contributed by atoms with Crippen LogP contribution in [0.15, 0.2) is 22.7 Å². The molecule has 0 aliphatic carbocycles. The van der Waals surface area contributed by atoms with Gasteiger partial charge >= 0.3 is 5.97 Å². The lowest BCUT2D eigenvalue weighted by Gasteiger charge is -2.29. The molecule has 1 aliphatic heterocycles. The first kappa shape index (κ1) is 10.9. The molecule has 2 N–H and O–H groups in total. The van der Waals surface area contributed by atoms with E-state index < -0.39 is 5.97 Å². The first-order valence-corrected chi connectivity index (χ1v) is 5.43. The van der Waals surface area contributed by atoms with Crippen molar-refractivity contribution >= 4 is 39.2 Å². The van der Waals surface area contributed by atoms with Crippen LogP contribution >= 0.6 is 15.9 Å². The number of rotatable bonds is 2. The van der Waals surface area contributed by atoms with Crippen molar-refractivity contribution in [3.05, 3.63) is 22.7 Å². The molecule has 16 heavy (non-hydrogen) atoms. The van der Waals surface area contributed by atoms with Gasteiger partial charge in [0.05, 0.1) is 17.9 Å². The Hall–Kier alpha value is -1.56. The number of carbonyl (C=O) groups excluding carboxylic acids is 1. The highest BCUT2D eigenvalue weighted by atomic mass is 79.9. The quantitative estimate of drug-likeness (QED) is 0.859. The van der Waals surface area contributed by atoms with Gasteiger partial charge in [-0.15, -0.1) is 0 Å². The van der Waals surface area contributed by atoms with Crippen LogP contribution < -0.4 is 10.2 Å². The lowest BCUT2D eigenvalue weighted by atomic mass is 10.2. The molecule has 0 bridgehead atoms. The second kappa shape index (κ2) is 4.13. The molecule has 6 heteroatoms. The van der Waals surface area contributed by atoms with E-state index in [4.69, 9.17) is 5.11 Å². The van der Waals surface area contributed by atoms with Gasteiger partial charge in [-0.2, -0.15) is 0 Å². The molecule has 5 nitrogen and oxygen atoms in total. The Balaban J connectivity index is 2.42. The highest BCUT2D eigenvalue weighted by Gasteiger charge is 2.25. The van der Waals surface area contributed by atoms with Crippen LogP contribution in [0.5, 0.6) is 0 Å². The van der Waals surface area contributed by atoms with Crippen molar-refractivity contribution < 1.29 is 14.7 Å². The molecular formula is C10H9BrN2O3. The van der Waals surface area contributed by atoms with Gasteiger partial charge in [0, 0.05) is 4.47 Å². The molecule has 0 fully saturated rings. The molecule has 0 unspecified atom stereocenters. The van der Waals surface area contributed by atoms with E-state index >= 15 is 0 Å². The van der Waals surface area contributed by atoms with Crippen LogP contribution in [0.3, 0.4) is 0 Å². The first-order chi connectivity index (χ1) is 7.58. The Labute approximate surface area is 100 Å². The van der Waals surface area contributed by atoms with Crippen LogP contribution in [0, 0.1) is 0 Å². The number of anilines is 2. The molecule has 1 aliphatic rings. The summed E-state index contributed by atoms with van der Waals surface area (Å²) < 4.78 is 0.804. The monoisotopic (exact) mass is 284 g/mol. The van der Waals surface area contributed by atoms with Gasteiger partial charge in [-0.25, -0.2) is 0 Å². The number of carbonyl (C=O) groups is 2. The number of nitrogens with zero attached hydrogens (tertiary/aromatic N) is 1. The number of nitrogens with one attached hydrogen (secondary N) is 1. The maximum atomic E-state index is 11.6. The molecule has 0 radical (unpaired) electrons. The molecule has 2 rings (SSSR count). The number of hydrogen-bond acceptors (Lipinski definition) is 3. The third-order valence-electron chi connectivity index (χ3n) is 2.28. The number of aliphatic carboxylic acids is 1. The lowest BCUT2D eigenvalue weighted by molar-refractivity contribution is -0.136. The Morgan fingerprint density at radius 1 is 1.56 bits per heavy atom. The molecule has 0 saturated carbocycles. The van der Waals surface area contributed by atoms with Gasteiger partial charge in [-0.3, -0.25) is 14.5 Å². The van der Waals surface area contributed by atoms with Crippen molar-refractivity contribution in [1.82, 2.24) is 0 Å². The van der Waals surface area contributed by atoms with E-state index in [0.29, 0.717) is 5.69 Å². The van der Waals surface area contributed by atoms with Gasteiger partial charge in [0.25, 0.3) is 0 Å². The fraction of sp³-hybridized carbons (Fsp3) is 0.200. The summed E-state index contributed by atoms with van der Waals surface area (Å²) >= 11 is 3.29. The van der Waals surface area contributed by atoms with E-state index in [2.05, 4.69) is 21.2 Å². The van der Waals surface area contributed by atoms with Crippen LogP contribution in [-0.2, 0) is 9.59 Å². The normalized spacial score (nSPS) is 14.3. The Bertz CT molecular complexity index is 461. The summed E-state index contributed by atoms with van der Waals surface area (Å²) in [6, 6.07) is 5.36. The maximum absolute atomic E-state index is 11.6. The number of fused-ring (bicyclic) bond motifs is 1. The lowest BCUT2D eigenvalue weighted by Crippen LogP contribution is -2.42. The number of carboxylic acids is 1. The smallest absolute Gasteiger partial charge is 0.323 e. The summed E-state index contributed by atoms with van der Waals surface area (Å²) in [5, 5.41) is 11.7. The zero-order valence-corrected chi connectivity index (χ0v) is 9.82. The second-order valence-electron chi connectivity index (χ2n) is 3.39. The minimum atomic E-state index is -1.03. The van der Waals surface area contributed by atoms with Gasteiger partial charge in [0.2, 0.25) is 5.91 Å². The standard InChI is InChI=1S/C10H9BrN2O3/c11-6-1-2-7-8(3-6)13(5-10(15)16)9(14)4-12-7/h1-3,12H,4-5H2,(H,15,16). The highest BCUT2D eigenvalue weighted by molar-refractivity contribution is 9.10. The van der Waals surface area contributed by atoms with Gasteiger partial charge in [0.1, 0.15) is 6.54 Å². The summed E-state index contributed by atoms with van der Waals surface area (Å²) in [4.78, 5) is 23.5. The van der Waals surface area contributed by atoms with E-state index in [1.807, 2.05) is 6.07 Å². The Kier molecular flexibility index (Phi) is 2.82. The first-order valence-electron chi connectivity index (χ1n) is 4.63. The molecule has 0 atom stereocenters. The molecule has 1 amide bonds. The van der Waals surface area contributed by atoms with Gasteiger partial charge in [-0.1, -0.05) is 15.9 Å². The summed E-state index contributed by atoms with van der Waals surface area (Å²) in [5.41, 5.74) is 1.36. The van der Waals surface area contributed by atoms with Crippen LogP contribution in [-0.4, -0.2) is 30.1 Å². The number of halogens is 1. The van der Waals surface area contributed by atoms with Crippen LogP contribution in [0.4, 0.5) is 11.4 Å². The number of benzene rings is 1. The van der Waals surface area contributed by atoms with Crippen molar-refractivity contribution in [2.24, 2.45) is 0 Å². The molecule has 84 valence electrons. The molecule has 1 heterocycles. The molecule has 1 aromatic rings. The zero-order chi connectivity index (χ0) is 11.7. The van der Waals surface area contributed by atoms with E-state index in [-0.39, 0.29) is 19.0 Å². The van der Waals surface area contributed by atoms with Crippen molar-refractivity contribution in [3.63, 3.8) is 0 Å². The van der Waals surface area contributed by atoms with Crippen molar-refractivity contribution in [3.8, 4) is 0 Å². The minimum absolute atomic E-state index is 0.127. The molecule has 0 saturated heterocycles. The summed E-state index contributed by atoms with van der Waals surface area (Å²) in [5.74, 6) is -1.27. The second-order valence-corrected chi connectivity index (χ2v) is 4.30. The predicted molar refractivity (Wildman–Crippen MR) is 62.6 cm³/mol. The fourth-order valence-electron chi connectivity index (χ4n) is 1.59. The summed E-state index contributed by atoms with van der Waals surface area (Å²) in [6.45, 7) is -0.189. The third-order valence-corrected chi connectivity index (χ3v) is 2.77. The highest BCUT2D eigenvalue weighted by Crippen LogP contribution is 2.31.